The van der Waals surface area contributed by atoms with Crippen molar-refractivity contribution in [2.24, 2.45) is 5.92 Å². The summed E-state index contributed by atoms with van der Waals surface area (Å²) < 4.78 is 5.33. The summed E-state index contributed by atoms with van der Waals surface area (Å²) in [5.74, 6) is 0.448. The number of hydrogen-bond acceptors (Lipinski definition) is 2. The van der Waals surface area contributed by atoms with Crippen LogP contribution in [0, 0.1) is 5.92 Å². The SMILES string of the molecule is CCCCCCCC(CC(=O)C(C)C)OI. The van der Waals surface area contributed by atoms with E-state index in [4.69, 9.17) is 3.07 Å². The largest absolute Gasteiger partial charge is 0.312 e. The van der Waals surface area contributed by atoms with Crippen LogP contribution in [0.15, 0.2) is 0 Å². The zero-order valence-electron chi connectivity index (χ0n) is 10.8. The Labute approximate surface area is 114 Å². The van der Waals surface area contributed by atoms with E-state index in [1.54, 1.807) is 0 Å². The van der Waals surface area contributed by atoms with Crippen LogP contribution in [-0.2, 0) is 7.86 Å². The van der Waals surface area contributed by atoms with Crippen LogP contribution >= 0.6 is 23.0 Å². The van der Waals surface area contributed by atoms with Crippen LogP contribution in [0.4, 0.5) is 0 Å². The fraction of sp³-hybridized carbons (Fsp3) is 0.923. The molecule has 1 unspecified atom stereocenters. The predicted molar refractivity (Wildman–Crippen MR) is 76.7 cm³/mol. The average Bonchev–Trinajstić information content (AvgIpc) is 2.26. The smallest absolute Gasteiger partial charge is 0.138 e. The summed E-state index contributed by atoms with van der Waals surface area (Å²) >= 11 is 1.92. The van der Waals surface area contributed by atoms with Crippen LogP contribution < -0.4 is 0 Å². The highest BCUT2D eigenvalue weighted by molar-refractivity contribution is 14.1. The van der Waals surface area contributed by atoms with Crippen LogP contribution in [0.5, 0.6) is 0 Å². The van der Waals surface area contributed by atoms with Gasteiger partial charge in [0.05, 0.1) is 6.10 Å². The Balaban J connectivity index is 3.63. The first-order valence-electron chi connectivity index (χ1n) is 6.41. The highest BCUT2D eigenvalue weighted by atomic mass is 127. The van der Waals surface area contributed by atoms with Crippen molar-refractivity contribution in [1.29, 1.82) is 0 Å². The van der Waals surface area contributed by atoms with E-state index in [1.807, 2.05) is 36.9 Å². The molecule has 16 heavy (non-hydrogen) atoms. The second-order valence-corrected chi connectivity index (χ2v) is 5.25. The zero-order valence-corrected chi connectivity index (χ0v) is 13.0. The number of rotatable bonds is 10. The van der Waals surface area contributed by atoms with Crippen molar-refractivity contribution in [3.63, 3.8) is 0 Å². The highest BCUT2D eigenvalue weighted by Crippen LogP contribution is 2.16. The van der Waals surface area contributed by atoms with Gasteiger partial charge in [0.15, 0.2) is 0 Å². The molecule has 0 saturated heterocycles. The fourth-order valence-electron chi connectivity index (χ4n) is 1.61. The molecule has 2 nitrogen and oxygen atoms in total. The summed E-state index contributed by atoms with van der Waals surface area (Å²) in [6, 6.07) is 0. The van der Waals surface area contributed by atoms with Crippen LogP contribution in [0.1, 0.15) is 65.7 Å². The van der Waals surface area contributed by atoms with Gasteiger partial charge in [0.1, 0.15) is 28.8 Å². The van der Waals surface area contributed by atoms with Gasteiger partial charge in [-0.2, -0.15) is 0 Å². The Morgan fingerprint density at radius 3 is 2.31 bits per heavy atom. The van der Waals surface area contributed by atoms with Crippen molar-refractivity contribution >= 4 is 28.8 Å². The first kappa shape index (κ1) is 16.4. The number of halogens is 1. The Kier molecular flexibility index (Phi) is 10.7. The molecular formula is C13H25IO2. The standard InChI is InChI=1S/C13H25IO2/c1-4-5-6-7-8-9-12(16-14)10-13(15)11(2)3/h11-12H,4-10H2,1-3H3. The molecule has 0 amide bonds. The fourth-order valence-corrected chi connectivity index (χ4v) is 2.05. The van der Waals surface area contributed by atoms with Gasteiger partial charge in [0, 0.05) is 12.3 Å². The number of unbranched alkanes of at least 4 members (excludes halogenated alkanes) is 4. The molecule has 0 rings (SSSR count). The molecule has 0 heterocycles. The lowest BCUT2D eigenvalue weighted by molar-refractivity contribution is -0.123. The van der Waals surface area contributed by atoms with Crippen molar-refractivity contribution < 1.29 is 7.86 Å². The Bertz CT molecular complexity index is 181. The maximum absolute atomic E-state index is 11.6. The first-order valence-corrected chi connectivity index (χ1v) is 7.30. The Morgan fingerprint density at radius 1 is 1.19 bits per heavy atom. The van der Waals surface area contributed by atoms with E-state index in [0.29, 0.717) is 12.2 Å². The summed E-state index contributed by atoms with van der Waals surface area (Å²) in [4.78, 5) is 11.6. The molecule has 1 atom stereocenters. The van der Waals surface area contributed by atoms with E-state index in [-0.39, 0.29) is 12.0 Å². The Morgan fingerprint density at radius 2 is 1.81 bits per heavy atom. The summed E-state index contributed by atoms with van der Waals surface area (Å²) in [7, 11) is 0. The van der Waals surface area contributed by atoms with Gasteiger partial charge in [0.25, 0.3) is 0 Å². The average molecular weight is 340 g/mol. The summed E-state index contributed by atoms with van der Waals surface area (Å²) in [6.45, 7) is 6.12. The summed E-state index contributed by atoms with van der Waals surface area (Å²) in [6.07, 6.45) is 8.07. The molecule has 0 aliphatic carbocycles. The molecule has 96 valence electrons. The van der Waals surface area contributed by atoms with Crippen molar-refractivity contribution in [2.45, 2.75) is 71.8 Å². The third-order valence-corrected chi connectivity index (χ3v) is 3.55. The lowest BCUT2D eigenvalue weighted by Crippen LogP contribution is -2.17. The van der Waals surface area contributed by atoms with E-state index < -0.39 is 0 Å². The van der Waals surface area contributed by atoms with E-state index >= 15 is 0 Å². The predicted octanol–water partition coefficient (Wildman–Crippen LogP) is 4.70. The molecule has 0 aliphatic heterocycles. The van der Waals surface area contributed by atoms with Gasteiger partial charge in [-0.15, -0.1) is 0 Å². The van der Waals surface area contributed by atoms with E-state index in [2.05, 4.69) is 6.92 Å². The van der Waals surface area contributed by atoms with Gasteiger partial charge in [-0.3, -0.25) is 4.79 Å². The molecular weight excluding hydrogens is 315 g/mol. The summed E-state index contributed by atoms with van der Waals surface area (Å²) in [5, 5.41) is 0. The maximum Gasteiger partial charge on any atom is 0.138 e. The molecule has 0 aliphatic rings. The highest BCUT2D eigenvalue weighted by Gasteiger charge is 2.15. The van der Waals surface area contributed by atoms with Crippen LogP contribution in [0.2, 0.25) is 0 Å². The molecule has 3 heteroatoms. The van der Waals surface area contributed by atoms with E-state index in [0.717, 1.165) is 6.42 Å². The zero-order chi connectivity index (χ0) is 12.4. The lowest BCUT2D eigenvalue weighted by Gasteiger charge is -2.14. The van der Waals surface area contributed by atoms with Gasteiger partial charge in [-0.1, -0.05) is 52.9 Å². The second kappa shape index (κ2) is 10.5. The monoisotopic (exact) mass is 340 g/mol. The topological polar surface area (TPSA) is 26.3 Å². The van der Waals surface area contributed by atoms with Gasteiger partial charge in [-0.05, 0) is 6.42 Å². The number of carbonyl (C=O) groups excluding carboxylic acids is 1. The molecule has 0 N–H and O–H groups in total. The maximum atomic E-state index is 11.6. The lowest BCUT2D eigenvalue weighted by atomic mass is 9.99. The van der Waals surface area contributed by atoms with Crippen molar-refractivity contribution in [3.8, 4) is 0 Å². The third-order valence-electron chi connectivity index (χ3n) is 2.83. The van der Waals surface area contributed by atoms with Crippen molar-refractivity contribution in [3.05, 3.63) is 0 Å². The minimum Gasteiger partial charge on any atom is -0.312 e. The molecule has 0 aromatic rings. The minimum absolute atomic E-state index is 0.122. The van der Waals surface area contributed by atoms with Gasteiger partial charge >= 0.3 is 0 Å². The van der Waals surface area contributed by atoms with Crippen LogP contribution in [0.25, 0.3) is 0 Å². The van der Waals surface area contributed by atoms with Gasteiger partial charge in [-0.25, -0.2) is 0 Å². The molecule has 0 aromatic carbocycles. The van der Waals surface area contributed by atoms with Crippen LogP contribution in [0.3, 0.4) is 0 Å². The van der Waals surface area contributed by atoms with Crippen molar-refractivity contribution in [1.82, 2.24) is 0 Å². The third kappa shape index (κ3) is 8.50. The van der Waals surface area contributed by atoms with Crippen molar-refractivity contribution in [2.75, 3.05) is 0 Å². The van der Waals surface area contributed by atoms with Crippen LogP contribution in [-0.4, -0.2) is 11.9 Å². The summed E-state index contributed by atoms with van der Waals surface area (Å²) in [5.41, 5.74) is 0. The van der Waals surface area contributed by atoms with E-state index in [9.17, 15) is 4.79 Å². The number of ketones is 1. The molecule has 0 spiro atoms. The first-order chi connectivity index (χ1) is 7.61. The normalized spacial score (nSPS) is 13.1. The molecule has 0 fully saturated rings. The molecule has 0 aromatic heterocycles. The number of Topliss-reactive ketones (excluding diaryl/α,β-unsaturated/α-hetero) is 1. The molecule has 0 bridgehead atoms. The molecule has 0 radical (unpaired) electrons. The number of carbonyl (C=O) groups is 1. The second-order valence-electron chi connectivity index (χ2n) is 4.74. The Hall–Kier alpha value is 0.360. The number of hydrogen-bond donors (Lipinski definition) is 0. The van der Waals surface area contributed by atoms with Gasteiger partial charge < -0.3 is 3.07 Å². The van der Waals surface area contributed by atoms with Gasteiger partial charge in [0.2, 0.25) is 0 Å². The molecule has 0 saturated carbocycles. The quantitative estimate of drug-likeness (QED) is 0.426. The minimum atomic E-state index is 0.122. The van der Waals surface area contributed by atoms with E-state index in [1.165, 1.54) is 32.1 Å².